The molecule has 4 saturated carbocycles. The third kappa shape index (κ3) is 2.90. The second-order valence-corrected chi connectivity index (χ2v) is 10.9. The summed E-state index contributed by atoms with van der Waals surface area (Å²) in [5, 5.41) is 3.64. The molecule has 0 spiro atoms. The van der Waals surface area contributed by atoms with Crippen molar-refractivity contribution >= 4 is 38.5 Å². The van der Waals surface area contributed by atoms with Crippen molar-refractivity contribution in [3.05, 3.63) is 24.3 Å². The standard InChI is InChI=1S/C23H27N3O2S/c27-20(25-22-24-17-4-1-2-6-19(17)29-22)18-5-3-7-26(18)21(28)23-11-14-8-15(12-23)10-16(9-14)13-23/h1-2,4,6,14-16,18H,3,5,7-13H2,(H,24,25,27)/t14?,15?,16?,18-,23?/m1/s1. The van der Waals surface area contributed by atoms with E-state index in [-0.39, 0.29) is 23.3 Å². The van der Waals surface area contributed by atoms with Crippen molar-refractivity contribution in [3.63, 3.8) is 0 Å². The third-order valence-corrected chi connectivity index (χ3v) is 8.78. The predicted octanol–water partition coefficient (Wildman–Crippen LogP) is 4.44. The van der Waals surface area contributed by atoms with Gasteiger partial charge in [0.05, 0.1) is 15.6 Å². The van der Waals surface area contributed by atoms with Crippen molar-refractivity contribution in [2.45, 2.75) is 57.4 Å². The lowest BCUT2D eigenvalue weighted by atomic mass is 9.49. The number of carbonyl (C=O) groups excluding carboxylic acids is 2. The molecule has 29 heavy (non-hydrogen) atoms. The van der Waals surface area contributed by atoms with Crippen LogP contribution in [0.4, 0.5) is 5.13 Å². The van der Waals surface area contributed by atoms with E-state index in [0.717, 1.165) is 66.6 Å². The summed E-state index contributed by atoms with van der Waals surface area (Å²) in [6.45, 7) is 0.721. The third-order valence-electron chi connectivity index (χ3n) is 7.83. The van der Waals surface area contributed by atoms with Crippen molar-refractivity contribution in [2.75, 3.05) is 11.9 Å². The smallest absolute Gasteiger partial charge is 0.248 e. The van der Waals surface area contributed by atoms with Gasteiger partial charge in [0.25, 0.3) is 0 Å². The number of likely N-dealkylation sites (tertiary alicyclic amines) is 1. The molecule has 4 bridgehead atoms. The first-order valence-electron chi connectivity index (χ1n) is 11.1. The van der Waals surface area contributed by atoms with Gasteiger partial charge in [0.2, 0.25) is 11.8 Å². The van der Waals surface area contributed by atoms with E-state index in [2.05, 4.69) is 10.3 Å². The Kier molecular flexibility index (Phi) is 4.02. The van der Waals surface area contributed by atoms with Crippen molar-refractivity contribution < 1.29 is 9.59 Å². The first kappa shape index (κ1) is 17.9. The Morgan fingerprint density at radius 2 is 1.76 bits per heavy atom. The van der Waals surface area contributed by atoms with Gasteiger partial charge in [0.15, 0.2) is 5.13 Å². The van der Waals surface area contributed by atoms with Gasteiger partial charge in [-0.05, 0) is 81.3 Å². The van der Waals surface area contributed by atoms with Crippen LogP contribution in [0.1, 0.15) is 51.4 Å². The number of nitrogens with zero attached hydrogens (tertiary/aromatic N) is 2. The van der Waals surface area contributed by atoms with Gasteiger partial charge in [-0.15, -0.1) is 0 Å². The summed E-state index contributed by atoms with van der Waals surface area (Å²) in [4.78, 5) is 33.3. The largest absolute Gasteiger partial charge is 0.330 e. The number of rotatable bonds is 3. The molecular formula is C23H27N3O2S. The molecule has 1 N–H and O–H groups in total. The molecule has 5 fully saturated rings. The number of hydrogen-bond donors (Lipinski definition) is 1. The molecule has 2 aromatic rings. The number of carbonyl (C=O) groups is 2. The van der Waals surface area contributed by atoms with E-state index >= 15 is 0 Å². The molecule has 7 rings (SSSR count). The van der Waals surface area contributed by atoms with E-state index in [9.17, 15) is 9.59 Å². The summed E-state index contributed by atoms with van der Waals surface area (Å²) >= 11 is 1.49. The molecule has 2 amide bonds. The molecule has 5 aliphatic rings. The highest BCUT2D eigenvalue weighted by atomic mass is 32.1. The highest BCUT2D eigenvalue weighted by Crippen LogP contribution is 2.60. The first-order chi connectivity index (χ1) is 14.1. The molecule has 1 aliphatic heterocycles. The maximum Gasteiger partial charge on any atom is 0.248 e. The summed E-state index contributed by atoms with van der Waals surface area (Å²) in [5.41, 5.74) is 0.730. The highest BCUT2D eigenvalue weighted by Gasteiger charge is 2.56. The van der Waals surface area contributed by atoms with Crippen LogP contribution in [-0.4, -0.2) is 34.3 Å². The Hall–Kier alpha value is -1.95. The highest BCUT2D eigenvalue weighted by molar-refractivity contribution is 7.22. The number of amides is 2. The van der Waals surface area contributed by atoms with Gasteiger partial charge < -0.3 is 10.2 Å². The molecule has 1 aromatic carbocycles. The minimum atomic E-state index is -0.345. The zero-order valence-corrected chi connectivity index (χ0v) is 17.4. The lowest BCUT2D eigenvalue weighted by Gasteiger charge is -2.56. The first-order valence-corrected chi connectivity index (χ1v) is 11.9. The molecule has 1 aromatic heterocycles. The summed E-state index contributed by atoms with van der Waals surface area (Å²) in [7, 11) is 0. The zero-order chi connectivity index (χ0) is 19.6. The van der Waals surface area contributed by atoms with Gasteiger partial charge in [-0.2, -0.15) is 0 Å². The molecule has 6 heteroatoms. The lowest BCUT2D eigenvalue weighted by Crippen LogP contribution is -2.56. The average molecular weight is 410 g/mol. The fourth-order valence-electron chi connectivity index (χ4n) is 7.07. The molecule has 5 nitrogen and oxygen atoms in total. The van der Waals surface area contributed by atoms with Crippen LogP contribution in [0, 0.1) is 23.2 Å². The number of thiazole rings is 1. The second kappa shape index (κ2) is 6.53. The van der Waals surface area contributed by atoms with Crippen molar-refractivity contribution in [1.82, 2.24) is 9.88 Å². The van der Waals surface area contributed by atoms with E-state index in [1.54, 1.807) is 0 Å². The molecule has 2 heterocycles. The van der Waals surface area contributed by atoms with Crippen LogP contribution in [0.25, 0.3) is 10.2 Å². The van der Waals surface area contributed by atoms with Crippen LogP contribution in [0.15, 0.2) is 24.3 Å². The Morgan fingerprint density at radius 1 is 1.07 bits per heavy atom. The van der Waals surface area contributed by atoms with E-state index < -0.39 is 0 Å². The van der Waals surface area contributed by atoms with E-state index in [1.807, 2.05) is 29.2 Å². The Labute approximate surface area is 174 Å². The summed E-state index contributed by atoms with van der Waals surface area (Å²) < 4.78 is 1.07. The Bertz CT molecular complexity index is 915. The maximum absolute atomic E-state index is 13.7. The second-order valence-electron chi connectivity index (χ2n) is 9.83. The molecule has 152 valence electrons. The quantitative estimate of drug-likeness (QED) is 0.815. The molecule has 1 atom stereocenters. The normalized spacial score (nSPS) is 35.4. The summed E-state index contributed by atoms with van der Waals surface area (Å²) in [5.74, 6) is 2.42. The van der Waals surface area contributed by atoms with Crippen LogP contribution in [0.2, 0.25) is 0 Å². The van der Waals surface area contributed by atoms with Gasteiger partial charge in [0, 0.05) is 6.54 Å². The van der Waals surface area contributed by atoms with E-state index in [1.165, 1.54) is 30.6 Å². The van der Waals surface area contributed by atoms with Gasteiger partial charge in [-0.25, -0.2) is 4.98 Å². The number of aromatic nitrogens is 1. The van der Waals surface area contributed by atoms with Crippen LogP contribution in [0.3, 0.4) is 0 Å². The number of hydrogen-bond acceptors (Lipinski definition) is 4. The fraction of sp³-hybridized carbons (Fsp3) is 0.609. The summed E-state index contributed by atoms with van der Waals surface area (Å²) in [6.07, 6.45) is 8.82. The molecule has 0 unspecified atom stereocenters. The lowest BCUT2D eigenvalue weighted by molar-refractivity contribution is -0.160. The monoisotopic (exact) mass is 409 g/mol. The minimum Gasteiger partial charge on any atom is -0.330 e. The van der Waals surface area contributed by atoms with Gasteiger partial charge in [-0.3, -0.25) is 9.59 Å². The van der Waals surface area contributed by atoms with Crippen LogP contribution < -0.4 is 5.32 Å². The molecule has 1 saturated heterocycles. The van der Waals surface area contributed by atoms with Crippen molar-refractivity contribution in [2.24, 2.45) is 23.2 Å². The summed E-state index contributed by atoms with van der Waals surface area (Å²) in [6, 6.07) is 7.56. The number of nitrogens with one attached hydrogen (secondary N) is 1. The van der Waals surface area contributed by atoms with Crippen molar-refractivity contribution in [1.29, 1.82) is 0 Å². The predicted molar refractivity (Wildman–Crippen MR) is 114 cm³/mol. The van der Waals surface area contributed by atoms with Crippen molar-refractivity contribution in [3.8, 4) is 0 Å². The number of benzene rings is 1. The zero-order valence-electron chi connectivity index (χ0n) is 16.6. The molecular weight excluding hydrogens is 382 g/mol. The number of para-hydroxylation sites is 1. The van der Waals surface area contributed by atoms with Crippen LogP contribution >= 0.6 is 11.3 Å². The van der Waals surface area contributed by atoms with Gasteiger partial charge >= 0.3 is 0 Å². The topological polar surface area (TPSA) is 62.3 Å². The number of fused-ring (bicyclic) bond motifs is 1. The Balaban J connectivity index is 1.21. The maximum atomic E-state index is 13.7. The minimum absolute atomic E-state index is 0.0698. The SMILES string of the molecule is O=C(Nc1nc2ccccc2s1)[C@H]1CCCN1C(=O)C12CC3CC(CC(C3)C1)C2. The Morgan fingerprint density at radius 3 is 2.45 bits per heavy atom. The van der Waals surface area contributed by atoms with Crippen LogP contribution in [0.5, 0.6) is 0 Å². The van der Waals surface area contributed by atoms with E-state index in [4.69, 9.17) is 0 Å². The molecule has 4 aliphatic carbocycles. The van der Waals surface area contributed by atoms with Gasteiger partial charge in [-0.1, -0.05) is 23.5 Å². The average Bonchev–Trinajstić information content (AvgIpc) is 3.32. The number of anilines is 1. The van der Waals surface area contributed by atoms with Gasteiger partial charge in [0.1, 0.15) is 6.04 Å². The fourth-order valence-corrected chi connectivity index (χ4v) is 7.94. The van der Waals surface area contributed by atoms with Crippen LogP contribution in [-0.2, 0) is 9.59 Å². The molecule has 0 radical (unpaired) electrons. The van der Waals surface area contributed by atoms with E-state index in [0.29, 0.717) is 5.13 Å².